The molecule has 0 spiro atoms. The second-order valence-electron chi connectivity index (χ2n) is 5.85. The Hall–Kier alpha value is -2.74. The van der Waals surface area contributed by atoms with Crippen molar-refractivity contribution in [3.8, 4) is 5.69 Å². The fraction of sp³-hybridized carbons (Fsp3) is 0.222. The lowest BCUT2D eigenvalue weighted by Gasteiger charge is -2.13. The van der Waals surface area contributed by atoms with Crippen LogP contribution >= 0.6 is 11.8 Å². The predicted octanol–water partition coefficient (Wildman–Crippen LogP) is 3.54. The van der Waals surface area contributed by atoms with Gasteiger partial charge in [-0.25, -0.2) is 4.39 Å². The molecule has 8 heteroatoms. The van der Waals surface area contributed by atoms with Crippen LogP contribution in [0.1, 0.15) is 18.1 Å². The number of halogens is 1. The zero-order valence-electron chi connectivity index (χ0n) is 14.6. The highest BCUT2D eigenvalue weighted by Gasteiger charge is 2.20. The monoisotopic (exact) mass is 371 g/mol. The Labute approximate surface area is 154 Å². The predicted molar refractivity (Wildman–Crippen MR) is 99.0 cm³/mol. The van der Waals surface area contributed by atoms with Crippen LogP contribution in [0, 0.1) is 19.7 Å². The van der Waals surface area contributed by atoms with Crippen LogP contribution in [-0.4, -0.2) is 31.4 Å². The van der Waals surface area contributed by atoms with Crippen molar-refractivity contribution in [3.05, 3.63) is 59.4 Å². The van der Waals surface area contributed by atoms with Crippen LogP contribution in [0.15, 0.2) is 47.6 Å². The number of tetrazole rings is 1. The Bertz CT molecular complexity index is 926. The van der Waals surface area contributed by atoms with Crippen molar-refractivity contribution < 1.29 is 9.18 Å². The minimum atomic E-state index is -0.435. The molecule has 1 aromatic heterocycles. The largest absolute Gasteiger partial charge is 0.325 e. The summed E-state index contributed by atoms with van der Waals surface area (Å²) < 4.78 is 14.6. The molecule has 0 fully saturated rings. The van der Waals surface area contributed by atoms with Gasteiger partial charge in [-0.3, -0.25) is 4.79 Å². The molecule has 0 unspecified atom stereocenters. The molecule has 1 N–H and O–H groups in total. The molecule has 2 aromatic carbocycles. The van der Waals surface area contributed by atoms with Crippen molar-refractivity contribution >= 4 is 23.4 Å². The van der Waals surface area contributed by atoms with Gasteiger partial charge >= 0.3 is 0 Å². The van der Waals surface area contributed by atoms with Gasteiger partial charge in [0.2, 0.25) is 11.1 Å². The smallest absolute Gasteiger partial charge is 0.237 e. The summed E-state index contributed by atoms with van der Waals surface area (Å²) in [4.78, 5) is 12.4. The molecule has 0 radical (unpaired) electrons. The number of hydrogen-bond donors (Lipinski definition) is 1. The van der Waals surface area contributed by atoms with Crippen LogP contribution in [0.3, 0.4) is 0 Å². The molecule has 0 saturated carbocycles. The fourth-order valence-electron chi connectivity index (χ4n) is 2.36. The van der Waals surface area contributed by atoms with E-state index in [1.165, 1.54) is 36.0 Å². The molecule has 1 heterocycles. The molecule has 1 amide bonds. The minimum absolute atomic E-state index is 0.211. The molecule has 0 saturated heterocycles. The van der Waals surface area contributed by atoms with Gasteiger partial charge in [-0.2, -0.15) is 4.68 Å². The number of aromatic nitrogens is 4. The standard InChI is InChI=1S/C18H18FN5OS/c1-11-5-4-6-16(12(11)2)24-18(21-22-23-24)26-13(3)17(25)20-15-9-7-14(19)8-10-15/h4-10,13H,1-3H3,(H,20,25)/t13-/m0/s1. The molecule has 0 aliphatic carbocycles. The maximum absolute atomic E-state index is 13.0. The third-order valence-electron chi connectivity index (χ3n) is 4.01. The number of anilines is 1. The van der Waals surface area contributed by atoms with Gasteiger partial charge in [-0.1, -0.05) is 23.9 Å². The number of rotatable bonds is 5. The Morgan fingerprint density at radius 3 is 2.65 bits per heavy atom. The summed E-state index contributed by atoms with van der Waals surface area (Å²) in [5.74, 6) is -0.560. The van der Waals surface area contributed by atoms with E-state index in [0.717, 1.165) is 16.8 Å². The zero-order chi connectivity index (χ0) is 18.7. The molecule has 0 bridgehead atoms. The fourth-order valence-corrected chi connectivity index (χ4v) is 3.16. The second-order valence-corrected chi connectivity index (χ2v) is 7.16. The first-order valence-corrected chi connectivity index (χ1v) is 8.91. The normalized spacial score (nSPS) is 12.0. The lowest BCUT2D eigenvalue weighted by atomic mass is 10.1. The van der Waals surface area contributed by atoms with Gasteiger partial charge in [0.05, 0.1) is 10.9 Å². The third-order valence-corrected chi connectivity index (χ3v) is 5.04. The number of carbonyl (C=O) groups excluding carboxylic acids is 1. The molecule has 26 heavy (non-hydrogen) atoms. The lowest BCUT2D eigenvalue weighted by Crippen LogP contribution is -2.23. The number of hydrogen-bond acceptors (Lipinski definition) is 5. The van der Waals surface area contributed by atoms with Crippen molar-refractivity contribution in [2.75, 3.05) is 5.32 Å². The number of amides is 1. The van der Waals surface area contributed by atoms with E-state index in [4.69, 9.17) is 0 Å². The molecule has 134 valence electrons. The molecule has 1 atom stereocenters. The van der Waals surface area contributed by atoms with Gasteiger partial charge in [0.1, 0.15) is 5.82 Å². The van der Waals surface area contributed by atoms with E-state index in [-0.39, 0.29) is 11.7 Å². The van der Waals surface area contributed by atoms with Gasteiger partial charge in [0.15, 0.2) is 0 Å². The molecule has 6 nitrogen and oxygen atoms in total. The molecule has 0 aliphatic heterocycles. The zero-order valence-corrected chi connectivity index (χ0v) is 15.4. The first-order valence-electron chi connectivity index (χ1n) is 8.04. The summed E-state index contributed by atoms with van der Waals surface area (Å²) in [7, 11) is 0. The number of thioether (sulfide) groups is 1. The molecular formula is C18H18FN5OS. The number of nitrogens with zero attached hydrogens (tertiary/aromatic N) is 4. The summed E-state index contributed by atoms with van der Waals surface area (Å²) in [5.41, 5.74) is 3.63. The van der Waals surface area contributed by atoms with Gasteiger partial charge < -0.3 is 5.32 Å². The van der Waals surface area contributed by atoms with Crippen molar-refractivity contribution in [3.63, 3.8) is 0 Å². The van der Waals surface area contributed by atoms with Crippen LogP contribution in [0.2, 0.25) is 0 Å². The Kier molecular flexibility index (Phi) is 5.32. The van der Waals surface area contributed by atoms with Gasteiger partial charge in [-0.15, -0.1) is 5.10 Å². The van der Waals surface area contributed by atoms with E-state index in [1.54, 1.807) is 11.6 Å². The maximum atomic E-state index is 13.0. The summed E-state index contributed by atoms with van der Waals surface area (Å²) in [5, 5.41) is 14.7. The molecule has 0 aliphatic rings. The number of nitrogens with one attached hydrogen (secondary N) is 1. The minimum Gasteiger partial charge on any atom is -0.325 e. The lowest BCUT2D eigenvalue weighted by molar-refractivity contribution is -0.115. The Morgan fingerprint density at radius 1 is 1.19 bits per heavy atom. The van der Waals surface area contributed by atoms with Gasteiger partial charge in [-0.05, 0) is 72.7 Å². The summed E-state index contributed by atoms with van der Waals surface area (Å²) >= 11 is 1.26. The van der Waals surface area contributed by atoms with Crippen LogP contribution in [-0.2, 0) is 4.79 Å². The highest BCUT2D eigenvalue weighted by atomic mass is 32.2. The van der Waals surface area contributed by atoms with Gasteiger partial charge in [0.25, 0.3) is 0 Å². The van der Waals surface area contributed by atoms with Crippen molar-refractivity contribution in [1.82, 2.24) is 20.2 Å². The van der Waals surface area contributed by atoms with E-state index in [2.05, 4.69) is 20.8 Å². The maximum Gasteiger partial charge on any atom is 0.237 e. The van der Waals surface area contributed by atoms with E-state index in [0.29, 0.717) is 10.8 Å². The number of carbonyl (C=O) groups is 1. The molecule has 3 aromatic rings. The SMILES string of the molecule is Cc1cccc(-n2nnnc2S[C@@H](C)C(=O)Nc2ccc(F)cc2)c1C. The Balaban J connectivity index is 1.75. The third kappa shape index (κ3) is 3.91. The summed E-state index contributed by atoms with van der Waals surface area (Å²) in [6.07, 6.45) is 0. The van der Waals surface area contributed by atoms with Crippen LogP contribution < -0.4 is 5.32 Å². The van der Waals surface area contributed by atoms with Crippen LogP contribution in [0.4, 0.5) is 10.1 Å². The highest BCUT2D eigenvalue weighted by molar-refractivity contribution is 8.00. The van der Waals surface area contributed by atoms with Crippen molar-refractivity contribution in [1.29, 1.82) is 0 Å². The molecule has 3 rings (SSSR count). The Morgan fingerprint density at radius 2 is 1.92 bits per heavy atom. The highest BCUT2D eigenvalue weighted by Crippen LogP contribution is 2.26. The van der Waals surface area contributed by atoms with E-state index < -0.39 is 5.25 Å². The van der Waals surface area contributed by atoms with Crippen molar-refractivity contribution in [2.24, 2.45) is 0 Å². The average molecular weight is 371 g/mol. The molecular weight excluding hydrogens is 353 g/mol. The van der Waals surface area contributed by atoms with E-state index in [1.807, 2.05) is 32.0 Å². The summed E-state index contributed by atoms with van der Waals surface area (Å²) in [6, 6.07) is 11.5. The van der Waals surface area contributed by atoms with Crippen molar-refractivity contribution in [2.45, 2.75) is 31.2 Å². The first kappa shape index (κ1) is 18.1. The van der Waals surface area contributed by atoms with Gasteiger partial charge in [0, 0.05) is 5.69 Å². The van der Waals surface area contributed by atoms with E-state index in [9.17, 15) is 9.18 Å². The first-order chi connectivity index (χ1) is 12.5. The van der Waals surface area contributed by atoms with Crippen LogP contribution in [0.25, 0.3) is 5.69 Å². The van der Waals surface area contributed by atoms with Crippen LogP contribution in [0.5, 0.6) is 0 Å². The summed E-state index contributed by atoms with van der Waals surface area (Å²) in [6.45, 7) is 5.80. The quantitative estimate of drug-likeness (QED) is 0.695. The number of benzene rings is 2. The number of aryl methyl sites for hydroxylation is 1. The second kappa shape index (κ2) is 7.65. The topological polar surface area (TPSA) is 72.7 Å². The van der Waals surface area contributed by atoms with E-state index >= 15 is 0 Å². The average Bonchev–Trinajstić information content (AvgIpc) is 3.07.